The fourth-order valence-electron chi connectivity index (χ4n) is 3.76. The predicted octanol–water partition coefficient (Wildman–Crippen LogP) is 4.27. The first-order valence-electron chi connectivity index (χ1n) is 9.88. The molecule has 1 heterocycles. The Balaban J connectivity index is 1.35. The molecule has 0 aliphatic carbocycles. The van der Waals surface area contributed by atoms with Gasteiger partial charge in [-0.3, -0.25) is 4.90 Å². The molecule has 0 amide bonds. The summed E-state index contributed by atoms with van der Waals surface area (Å²) in [5, 5.41) is 3.84. The molecule has 1 aliphatic rings. The van der Waals surface area contributed by atoms with Gasteiger partial charge in [0.2, 0.25) is 0 Å². The van der Waals surface area contributed by atoms with Crippen LogP contribution in [0.5, 0.6) is 5.75 Å². The van der Waals surface area contributed by atoms with Crippen LogP contribution >= 0.6 is 0 Å². The number of benzene rings is 2. The van der Waals surface area contributed by atoms with Crippen molar-refractivity contribution in [3.05, 3.63) is 65.7 Å². The molecule has 0 unspecified atom stereocenters. The van der Waals surface area contributed by atoms with Crippen LogP contribution in [0.25, 0.3) is 0 Å². The molecule has 0 radical (unpaired) electrons. The first kappa shape index (κ1) is 18.9. The van der Waals surface area contributed by atoms with Crippen molar-refractivity contribution in [2.75, 3.05) is 20.2 Å². The van der Waals surface area contributed by atoms with E-state index in [1.54, 1.807) is 7.11 Å². The number of ether oxygens (including phenoxy) is 1. The third kappa shape index (κ3) is 5.86. The van der Waals surface area contributed by atoms with E-state index in [1.807, 2.05) is 0 Å². The van der Waals surface area contributed by atoms with Crippen LogP contribution in [0.15, 0.2) is 54.6 Å². The van der Waals surface area contributed by atoms with Gasteiger partial charge in [0.15, 0.2) is 0 Å². The van der Waals surface area contributed by atoms with Gasteiger partial charge in [-0.1, -0.05) is 42.5 Å². The van der Waals surface area contributed by atoms with Crippen LogP contribution in [0.2, 0.25) is 0 Å². The minimum absolute atomic E-state index is 0.558. The standard InChI is InChI=1S/C23H32N2O/c1-19(8-9-20-10-12-23(26-2)13-11-20)24-22-14-16-25(17-15-22)18-21-6-4-3-5-7-21/h3-7,10-13,19,22,24H,8-9,14-18H2,1-2H3/t19-/m0/s1. The summed E-state index contributed by atoms with van der Waals surface area (Å²) in [6.07, 6.45) is 4.79. The van der Waals surface area contributed by atoms with E-state index in [1.165, 1.54) is 43.5 Å². The number of hydrogen-bond acceptors (Lipinski definition) is 3. The lowest BCUT2D eigenvalue weighted by atomic mass is 10.0. The molecule has 2 aromatic carbocycles. The predicted molar refractivity (Wildman–Crippen MR) is 109 cm³/mol. The molecule has 1 saturated heterocycles. The van der Waals surface area contributed by atoms with Crippen LogP contribution in [0.4, 0.5) is 0 Å². The van der Waals surface area contributed by atoms with Gasteiger partial charge in [-0.05, 0) is 69.0 Å². The van der Waals surface area contributed by atoms with Gasteiger partial charge in [-0.15, -0.1) is 0 Å². The van der Waals surface area contributed by atoms with Gasteiger partial charge in [0, 0.05) is 18.6 Å². The van der Waals surface area contributed by atoms with Gasteiger partial charge < -0.3 is 10.1 Å². The SMILES string of the molecule is COc1ccc(CC[C@H](C)NC2CCN(Cc3ccccc3)CC2)cc1. The van der Waals surface area contributed by atoms with Crippen molar-refractivity contribution in [2.45, 2.75) is 51.2 Å². The molecule has 140 valence electrons. The number of rotatable bonds is 8. The normalized spacial score (nSPS) is 17.2. The topological polar surface area (TPSA) is 24.5 Å². The zero-order chi connectivity index (χ0) is 18.2. The number of piperidine rings is 1. The number of likely N-dealkylation sites (tertiary alicyclic amines) is 1. The Morgan fingerprint density at radius 2 is 1.69 bits per heavy atom. The largest absolute Gasteiger partial charge is 0.497 e. The second kappa shape index (κ2) is 9.75. The molecule has 1 fully saturated rings. The zero-order valence-corrected chi connectivity index (χ0v) is 16.2. The first-order chi connectivity index (χ1) is 12.7. The van der Waals surface area contributed by atoms with E-state index >= 15 is 0 Å². The maximum absolute atomic E-state index is 5.23. The molecule has 2 aromatic rings. The summed E-state index contributed by atoms with van der Waals surface area (Å²) >= 11 is 0. The van der Waals surface area contributed by atoms with E-state index < -0.39 is 0 Å². The highest BCUT2D eigenvalue weighted by molar-refractivity contribution is 5.27. The third-order valence-electron chi connectivity index (χ3n) is 5.38. The van der Waals surface area contributed by atoms with Gasteiger partial charge in [-0.2, -0.15) is 0 Å². The summed E-state index contributed by atoms with van der Waals surface area (Å²) in [7, 11) is 1.71. The Morgan fingerprint density at radius 3 is 2.35 bits per heavy atom. The van der Waals surface area contributed by atoms with Crippen LogP contribution in [0.3, 0.4) is 0 Å². The number of hydrogen-bond donors (Lipinski definition) is 1. The fraction of sp³-hybridized carbons (Fsp3) is 0.478. The minimum atomic E-state index is 0.558. The summed E-state index contributed by atoms with van der Waals surface area (Å²) in [5.74, 6) is 0.933. The molecule has 0 aromatic heterocycles. The van der Waals surface area contributed by atoms with Gasteiger partial charge >= 0.3 is 0 Å². The molecule has 3 heteroatoms. The van der Waals surface area contributed by atoms with Crippen molar-refractivity contribution in [3.8, 4) is 5.75 Å². The van der Waals surface area contributed by atoms with Crippen LogP contribution < -0.4 is 10.1 Å². The van der Waals surface area contributed by atoms with Crippen molar-refractivity contribution in [1.82, 2.24) is 10.2 Å². The van der Waals surface area contributed by atoms with Crippen molar-refractivity contribution in [3.63, 3.8) is 0 Å². The van der Waals surface area contributed by atoms with E-state index in [9.17, 15) is 0 Å². The van der Waals surface area contributed by atoms with Crippen LogP contribution in [-0.2, 0) is 13.0 Å². The summed E-state index contributed by atoms with van der Waals surface area (Å²) in [6, 6.07) is 20.5. The van der Waals surface area contributed by atoms with Gasteiger partial charge in [0.1, 0.15) is 5.75 Å². The Morgan fingerprint density at radius 1 is 1.00 bits per heavy atom. The highest BCUT2D eigenvalue weighted by Gasteiger charge is 2.20. The maximum Gasteiger partial charge on any atom is 0.118 e. The van der Waals surface area contributed by atoms with Gasteiger partial charge in [0.05, 0.1) is 7.11 Å². The second-order valence-corrected chi connectivity index (χ2v) is 7.49. The molecular formula is C23H32N2O. The number of methoxy groups -OCH3 is 1. The average Bonchev–Trinajstić information content (AvgIpc) is 2.69. The van der Waals surface area contributed by atoms with Crippen LogP contribution in [0.1, 0.15) is 37.3 Å². The molecule has 1 atom stereocenters. The van der Waals surface area contributed by atoms with Crippen molar-refractivity contribution in [1.29, 1.82) is 0 Å². The van der Waals surface area contributed by atoms with Gasteiger partial charge in [0.25, 0.3) is 0 Å². The quantitative estimate of drug-likeness (QED) is 0.768. The van der Waals surface area contributed by atoms with E-state index in [-0.39, 0.29) is 0 Å². The molecular weight excluding hydrogens is 320 g/mol. The highest BCUT2D eigenvalue weighted by Crippen LogP contribution is 2.16. The fourth-order valence-corrected chi connectivity index (χ4v) is 3.76. The molecule has 0 bridgehead atoms. The highest BCUT2D eigenvalue weighted by atomic mass is 16.5. The molecule has 3 rings (SSSR count). The number of aryl methyl sites for hydroxylation is 1. The smallest absolute Gasteiger partial charge is 0.118 e. The summed E-state index contributed by atoms with van der Waals surface area (Å²) in [4.78, 5) is 2.58. The lowest BCUT2D eigenvalue weighted by molar-refractivity contribution is 0.184. The Labute approximate surface area is 158 Å². The van der Waals surface area contributed by atoms with E-state index in [0.29, 0.717) is 12.1 Å². The lowest BCUT2D eigenvalue weighted by Crippen LogP contribution is -2.45. The maximum atomic E-state index is 5.23. The molecule has 1 aliphatic heterocycles. The molecule has 0 spiro atoms. The van der Waals surface area contributed by atoms with Crippen molar-refractivity contribution >= 4 is 0 Å². The third-order valence-corrected chi connectivity index (χ3v) is 5.38. The Kier molecular flexibility index (Phi) is 7.10. The Bertz CT molecular complexity index is 633. The molecule has 3 nitrogen and oxygen atoms in total. The van der Waals surface area contributed by atoms with Crippen LogP contribution in [-0.4, -0.2) is 37.2 Å². The van der Waals surface area contributed by atoms with Crippen LogP contribution in [0, 0.1) is 0 Å². The zero-order valence-electron chi connectivity index (χ0n) is 16.2. The summed E-state index contributed by atoms with van der Waals surface area (Å²) < 4.78 is 5.23. The monoisotopic (exact) mass is 352 g/mol. The minimum Gasteiger partial charge on any atom is -0.497 e. The number of nitrogens with one attached hydrogen (secondary N) is 1. The Hall–Kier alpha value is -1.84. The van der Waals surface area contributed by atoms with E-state index in [0.717, 1.165) is 18.7 Å². The molecule has 0 saturated carbocycles. The molecule has 26 heavy (non-hydrogen) atoms. The number of nitrogens with zero attached hydrogens (tertiary/aromatic N) is 1. The van der Waals surface area contributed by atoms with E-state index in [4.69, 9.17) is 4.74 Å². The summed E-state index contributed by atoms with van der Waals surface area (Å²) in [5.41, 5.74) is 2.81. The van der Waals surface area contributed by atoms with Gasteiger partial charge in [-0.25, -0.2) is 0 Å². The first-order valence-corrected chi connectivity index (χ1v) is 9.88. The second-order valence-electron chi connectivity index (χ2n) is 7.49. The van der Waals surface area contributed by atoms with E-state index in [2.05, 4.69) is 71.7 Å². The van der Waals surface area contributed by atoms with Crippen molar-refractivity contribution < 1.29 is 4.74 Å². The lowest BCUT2D eigenvalue weighted by Gasteiger charge is -2.34. The summed E-state index contributed by atoms with van der Waals surface area (Å²) in [6.45, 7) is 5.79. The molecule has 1 N–H and O–H groups in total. The average molecular weight is 353 g/mol. The van der Waals surface area contributed by atoms with Crippen molar-refractivity contribution in [2.24, 2.45) is 0 Å².